The summed E-state index contributed by atoms with van der Waals surface area (Å²) in [5.41, 5.74) is 0.375. The molecule has 0 bridgehead atoms. The van der Waals surface area contributed by atoms with E-state index in [1.54, 1.807) is 25.1 Å². The number of aromatic hydroxyl groups is 1. The van der Waals surface area contributed by atoms with Crippen molar-refractivity contribution in [2.45, 2.75) is 13.3 Å². The number of rotatable bonds is 10. The Hall–Kier alpha value is -3.01. The maximum atomic E-state index is 11.9. The van der Waals surface area contributed by atoms with Crippen molar-refractivity contribution < 1.29 is 24.0 Å². The van der Waals surface area contributed by atoms with Gasteiger partial charge in [-0.05, 0) is 31.5 Å². The van der Waals surface area contributed by atoms with Gasteiger partial charge in [-0.3, -0.25) is 14.4 Å². The van der Waals surface area contributed by atoms with Gasteiger partial charge in [0.05, 0.1) is 11.5 Å². The van der Waals surface area contributed by atoms with Crippen molar-refractivity contribution in [1.82, 2.24) is 15.8 Å². The van der Waals surface area contributed by atoms with E-state index in [2.05, 4.69) is 21.1 Å². The third kappa shape index (κ3) is 7.70. The largest absolute Gasteiger partial charge is 0.508 e. The number of hydrogen-bond donors (Lipinski definition) is 4. The lowest BCUT2D eigenvalue weighted by Crippen LogP contribution is -2.31. The Balaban J connectivity index is 1.51. The quantitative estimate of drug-likeness (QED) is 0.437. The smallest absolute Gasteiger partial charge is 0.251 e. The molecular weight excluding hydrogens is 384 g/mol. The van der Waals surface area contributed by atoms with Crippen LogP contribution in [0, 0.1) is 6.92 Å². The van der Waals surface area contributed by atoms with Crippen LogP contribution < -0.4 is 16.0 Å². The molecule has 1 aromatic heterocycles. The van der Waals surface area contributed by atoms with Crippen LogP contribution in [0.2, 0.25) is 0 Å². The number of nitrogens with zero attached hydrogens (tertiary/aromatic N) is 1. The van der Waals surface area contributed by atoms with Gasteiger partial charge >= 0.3 is 0 Å². The van der Waals surface area contributed by atoms with Crippen molar-refractivity contribution in [3.63, 3.8) is 0 Å². The summed E-state index contributed by atoms with van der Waals surface area (Å²) < 4.78 is 4.84. The molecule has 28 heavy (non-hydrogen) atoms. The van der Waals surface area contributed by atoms with Crippen LogP contribution in [-0.2, 0) is 9.59 Å². The van der Waals surface area contributed by atoms with Gasteiger partial charge in [0.25, 0.3) is 5.91 Å². The van der Waals surface area contributed by atoms with E-state index in [0.717, 1.165) is 0 Å². The number of nitrogens with one attached hydrogen (secondary N) is 3. The van der Waals surface area contributed by atoms with E-state index in [0.29, 0.717) is 36.7 Å². The lowest BCUT2D eigenvalue weighted by atomic mass is 10.2. The summed E-state index contributed by atoms with van der Waals surface area (Å²) in [5.74, 6) is 0.518. The highest BCUT2D eigenvalue weighted by Crippen LogP contribution is 2.10. The van der Waals surface area contributed by atoms with Gasteiger partial charge in [-0.1, -0.05) is 11.2 Å². The number of benzene rings is 1. The number of phenols is 1. The topological polar surface area (TPSA) is 134 Å². The van der Waals surface area contributed by atoms with Crippen LogP contribution in [0.1, 0.15) is 22.5 Å². The van der Waals surface area contributed by atoms with Crippen molar-refractivity contribution in [3.8, 4) is 5.75 Å². The monoisotopic (exact) mass is 406 g/mol. The zero-order valence-electron chi connectivity index (χ0n) is 15.4. The van der Waals surface area contributed by atoms with Gasteiger partial charge in [0.2, 0.25) is 11.8 Å². The fourth-order valence-corrected chi connectivity index (χ4v) is 2.81. The molecule has 1 heterocycles. The van der Waals surface area contributed by atoms with E-state index in [4.69, 9.17) is 4.52 Å². The van der Waals surface area contributed by atoms with Crippen LogP contribution in [0.4, 0.5) is 5.82 Å². The first-order valence-corrected chi connectivity index (χ1v) is 9.74. The minimum absolute atomic E-state index is 0.0298. The zero-order valence-corrected chi connectivity index (χ0v) is 16.2. The number of carbonyl (C=O) groups excluding carboxylic acids is 3. The summed E-state index contributed by atoms with van der Waals surface area (Å²) in [6.07, 6.45) is 0.562. The summed E-state index contributed by atoms with van der Waals surface area (Å²) in [6, 6.07) is 7.68. The maximum Gasteiger partial charge on any atom is 0.251 e. The summed E-state index contributed by atoms with van der Waals surface area (Å²) in [5, 5.41) is 21.0. The summed E-state index contributed by atoms with van der Waals surface area (Å²) >= 11 is 1.19. The molecule has 0 atom stereocenters. The number of amides is 3. The predicted octanol–water partition coefficient (Wildman–Crippen LogP) is 1.30. The third-order valence-corrected chi connectivity index (χ3v) is 4.36. The van der Waals surface area contributed by atoms with Crippen LogP contribution in [0.25, 0.3) is 0 Å². The molecule has 4 N–H and O–H groups in total. The predicted molar refractivity (Wildman–Crippen MR) is 105 cm³/mol. The molecular formula is C18H22N4O5S. The zero-order chi connectivity index (χ0) is 20.4. The molecule has 0 aliphatic rings. The SMILES string of the molecule is Cc1cc(NC(=O)CSCC(=O)NCCCNC(=O)c2cccc(O)c2)no1. The van der Waals surface area contributed by atoms with Crippen LogP contribution in [0.15, 0.2) is 34.9 Å². The number of anilines is 1. The Kier molecular flexibility index (Phi) is 8.35. The van der Waals surface area contributed by atoms with Crippen molar-refractivity contribution >= 4 is 35.3 Å². The minimum atomic E-state index is -0.286. The average molecular weight is 406 g/mol. The Labute approximate surface area is 166 Å². The van der Waals surface area contributed by atoms with E-state index < -0.39 is 0 Å². The number of aromatic nitrogens is 1. The Morgan fingerprint density at radius 3 is 2.57 bits per heavy atom. The first kappa shape index (κ1) is 21.3. The van der Waals surface area contributed by atoms with Crippen LogP contribution in [-0.4, -0.2) is 52.6 Å². The fourth-order valence-electron chi connectivity index (χ4n) is 2.16. The number of phenolic OH excluding ortho intramolecular Hbond substituents is 1. The number of carbonyl (C=O) groups is 3. The summed E-state index contributed by atoms with van der Waals surface area (Å²) in [6.45, 7) is 2.52. The number of thioether (sulfide) groups is 1. The molecule has 0 aliphatic carbocycles. The lowest BCUT2D eigenvalue weighted by Gasteiger charge is -2.07. The van der Waals surface area contributed by atoms with E-state index in [-0.39, 0.29) is 35.0 Å². The molecule has 0 unspecified atom stereocenters. The molecule has 3 amide bonds. The van der Waals surface area contributed by atoms with Gasteiger partial charge < -0.3 is 25.6 Å². The molecule has 0 radical (unpaired) electrons. The maximum absolute atomic E-state index is 11.9. The average Bonchev–Trinajstić information content (AvgIpc) is 3.05. The first-order valence-electron chi connectivity index (χ1n) is 8.59. The van der Waals surface area contributed by atoms with Gasteiger partial charge in [0.1, 0.15) is 11.5 Å². The van der Waals surface area contributed by atoms with Gasteiger partial charge in [0, 0.05) is 24.7 Å². The fraction of sp³-hybridized carbons (Fsp3) is 0.333. The highest BCUT2D eigenvalue weighted by atomic mass is 32.2. The Morgan fingerprint density at radius 1 is 1.11 bits per heavy atom. The molecule has 0 saturated heterocycles. The molecule has 2 aromatic rings. The second-order valence-corrected chi connectivity index (χ2v) is 6.86. The Bertz CT molecular complexity index is 824. The van der Waals surface area contributed by atoms with Crippen LogP contribution >= 0.6 is 11.8 Å². The van der Waals surface area contributed by atoms with E-state index in [1.165, 1.54) is 23.9 Å². The minimum Gasteiger partial charge on any atom is -0.508 e. The lowest BCUT2D eigenvalue weighted by molar-refractivity contribution is -0.118. The highest BCUT2D eigenvalue weighted by molar-refractivity contribution is 8.00. The second-order valence-electron chi connectivity index (χ2n) is 5.87. The normalized spacial score (nSPS) is 10.3. The Morgan fingerprint density at radius 2 is 1.86 bits per heavy atom. The van der Waals surface area contributed by atoms with Crippen LogP contribution in [0.3, 0.4) is 0 Å². The van der Waals surface area contributed by atoms with Gasteiger partial charge in [-0.2, -0.15) is 0 Å². The molecule has 10 heteroatoms. The molecule has 0 aliphatic heterocycles. The third-order valence-electron chi connectivity index (χ3n) is 3.43. The van der Waals surface area contributed by atoms with E-state index in [1.807, 2.05) is 0 Å². The molecule has 1 aromatic carbocycles. The molecule has 2 rings (SSSR count). The van der Waals surface area contributed by atoms with Gasteiger partial charge in [-0.25, -0.2) is 0 Å². The number of hydrogen-bond acceptors (Lipinski definition) is 7. The van der Waals surface area contributed by atoms with E-state index in [9.17, 15) is 19.5 Å². The van der Waals surface area contributed by atoms with Crippen molar-refractivity contribution in [2.24, 2.45) is 0 Å². The van der Waals surface area contributed by atoms with Gasteiger partial charge in [-0.15, -0.1) is 11.8 Å². The van der Waals surface area contributed by atoms with Crippen molar-refractivity contribution in [2.75, 3.05) is 29.9 Å². The number of aryl methyl sites for hydroxylation is 1. The summed E-state index contributed by atoms with van der Waals surface area (Å²) in [4.78, 5) is 35.3. The van der Waals surface area contributed by atoms with Crippen molar-refractivity contribution in [3.05, 3.63) is 41.7 Å². The summed E-state index contributed by atoms with van der Waals surface area (Å²) in [7, 11) is 0. The second kappa shape index (κ2) is 11.0. The molecule has 150 valence electrons. The first-order chi connectivity index (χ1) is 13.4. The van der Waals surface area contributed by atoms with Gasteiger partial charge in [0.15, 0.2) is 5.82 Å². The van der Waals surface area contributed by atoms with Crippen molar-refractivity contribution in [1.29, 1.82) is 0 Å². The van der Waals surface area contributed by atoms with Crippen LogP contribution in [0.5, 0.6) is 5.75 Å². The highest BCUT2D eigenvalue weighted by Gasteiger charge is 2.09. The standard InChI is InChI=1S/C18H22N4O5S/c1-12-8-15(22-27-12)21-17(25)11-28-10-16(24)19-6-3-7-20-18(26)13-4-2-5-14(23)9-13/h2,4-5,8-9,23H,3,6-7,10-11H2,1H3,(H,19,24)(H,20,26)(H,21,22,25). The van der Waals surface area contributed by atoms with E-state index >= 15 is 0 Å². The molecule has 0 fully saturated rings. The molecule has 0 spiro atoms. The molecule has 0 saturated carbocycles. The molecule has 9 nitrogen and oxygen atoms in total.